The van der Waals surface area contributed by atoms with Crippen molar-refractivity contribution >= 4 is 11.6 Å². The van der Waals surface area contributed by atoms with Gasteiger partial charge in [-0.1, -0.05) is 23.7 Å². The first-order valence-corrected chi connectivity index (χ1v) is 7.52. The van der Waals surface area contributed by atoms with Crippen LogP contribution in [0.3, 0.4) is 0 Å². The van der Waals surface area contributed by atoms with Crippen molar-refractivity contribution in [3.63, 3.8) is 0 Å². The van der Waals surface area contributed by atoms with Crippen LogP contribution < -0.4 is 9.47 Å². The molecule has 0 radical (unpaired) electrons. The molecule has 2 aromatic rings. The number of nitrogens with zero attached hydrogens (tertiary/aromatic N) is 1. The summed E-state index contributed by atoms with van der Waals surface area (Å²) in [4.78, 5) is 0. The van der Waals surface area contributed by atoms with Crippen molar-refractivity contribution in [1.29, 1.82) is 5.26 Å². The van der Waals surface area contributed by atoms with Crippen LogP contribution in [-0.4, -0.2) is 13.7 Å². The van der Waals surface area contributed by atoms with Crippen molar-refractivity contribution in [1.82, 2.24) is 0 Å². The fraction of sp³-hybridized carbons (Fsp3) is 0.278. The van der Waals surface area contributed by atoms with E-state index < -0.39 is 0 Å². The molecule has 0 heterocycles. The van der Waals surface area contributed by atoms with E-state index in [9.17, 15) is 5.26 Å². The van der Waals surface area contributed by atoms with Crippen molar-refractivity contribution in [2.24, 2.45) is 0 Å². The summed E-state index contributed by atoms with van der Waals surface area (Å²) in [6.07, 6.45) is 1.57. The first-order chi connectivity index (χ1) is 10.7. The largest absolute Gasteiger partial charge is 0.497 e. The predicted octanol–water partition coefficient (Wildman–Crippen LogP) is 4.81. The van der Waals surface area contributed by atoms with Gasteiger partial charge in [0.25, 0.3) is 0 Å². The lowest BCUT2D eigenvalue weighted by Gasteiger charge is -2.11. The molecule has 0 aromatic heterocycles. The third-order valence-electron chi connectivity index (χ3n) is 3.39. The minimum Gasteiger partial charge on any atom is -0.497 e. The van der Waals surface area contributed by atoms with Crippen LogP contribution in [-0.2, 0) is 0 Å². The molecule has 0 aliphatic carbocycles. The molecule has 0 aliphatic rings. The molecule has 0 saturated heterocycles. The van der Waals surface area contributed by atoms with E-state index in [0.29, 0.717) is 11.6 Å². The van der Waals surface area contributed by atoms with Gasteiger partial charge in [0.2, 0.25) is 0 Å². The highest BCUT2D eigenvalue weighted by Gasteiger charge is 2.10. The maximum atomic E-state index is 9.29. The molecule has 0 bridgehead atoms. The monoisotopic (exact) mass is 315 g/mol. The van der Waals surface area contributed by atoms with Gasteiger partial charge in [0.15, 0.2) is 0 Å². The normalized spacial score (nSPS) is 11.5. The van der Waals surface area contributed by atoms with Crippen LogP contribution >= 0.6 is 11.6 Å². The summed E-state index contributed by atoms with van der Waals surface area (Å²) < 4.78 is 10.8. The Morgan fingerprint density at radius 1 is 1.05 bits per heavy atom. The number of ether oxygens (including phenoxy) is 2. The van der Waals surface area contributed by atoms with E-state index in [1.54, 1.807) is 7.11 Å². The number of halogens is 1. The van der Waals surface area contributed by atoms with Crippen molar-refractivity contribution in [3.8, 4) is 17.6 Å². The summed E-state index contributed by atoms with van der Waals surface area (Å²) in [5.74, 6) is 1.48. The molecule has 0 aliphatic heterocycles. The molecule has 0 fully saturated rings. The number of hydrogen-bond acceptors (Lipinski definition) is 3. The highest BCUT2D eigenvalue weighted by atomic mass is 35.5. The van der Waals surface area contributed by atoms with Crippen LogP contribution in [0.25, 0.3) is 0 Å². The summed E-state index contributed by atoms with van der Waals surface area (Å²) in [5, 5.41) is 9.97. The van der Waals surface area contributed by atoms with Crippen LogP contribution in [0.15, 0.2) is 48.5 Å². The lowest BCUT2D eigenvalue weighted by Crippen LogP contribution is -2.02. The van der Waals surface area contributed by atoms with Gasteiger partial charge in [-0.3, -0.25) is 0 Å². The van der Waals surface area contributed by atoms with Crippen molar-refractivity contribution < 1.29 is 9.47 Å². The molecule has 114 valence electrons. The van der Waals surface area contributed by atoms with Gasteiger partial charge in [0.1, 0.15) is 11.5 Å². The summed E-state index contributed by atoms with van der Waals surface area (Å²) in [6, 6.07) is 17.2. The van der Waals surface area contributed by atoms with Gasteiger partial charge in [-0.25, -0.2) is 0 Å². The van der Waals surface area contributed by atoms with E-state index in [1.807, 2.05) is 48.5 Å². The Hall–Kier alpha value is -2.18. The van der Waals surface area contributed by atoms with Gasteiger partial charge in [0.05, 0.1) is 25.7 Å². The van der Waals surface area contributed by atoms with Crippen LogP contribution in [0.1, 0.15) is 24.3 Å². The summed E-state index contributed by atoms with van der Waals surface area (Å²) in [7, 11) is 1.63. The third kappa shape index (κ3) is 4.68. The third-order valence-corrected chi connectivity index (χ3v) is 3.65. The molecule has 1 atom stereocenters. The van der Waals surface area contributed by atoms with Gasteiger partial charge in [-0.2, -0.15) is 5.26 Å². The highest BCUT2D eigenvalue weighted by molar-refractivity contribution is 6.30. The Morgan fingerprint density at radius 2 is 1.68 bits per heavy atom. The Balaban J connectivity index is 1.79. The fourth-order valence-corrected chi connectivity index (χ4v) is 2.28. The smallest absolute Gasteiger partial charge is 0.119 e. The van der Waals surface area contributed by atoms with Crippen LogP contribution in [0, 0.1) is 11.3 Å². The Labute approximate surface area is 136 Å². The van der Waals surface area contributed by atoms with E-state index >= 15 is 0 Å². The molecule has 0 saturated carbocycles. The van der Waals surface area contributed by atoms with Gasteiger partial charge in [0, 0.05) is 5.02 Å². The molecule has 0 N–H and O–H groups in total. The molecular formula is C18H18ClNO2. The van der Waals surface area contributed by atoms with Gasteiger partial charge in [-0.15, -0.1) is 0 Å². The SMILES string of the molecule is COc1ccc(OCCCC(C#N)c2ccc(Cl)cc2)cc1. The first kappa shape index (κ1) is 16.2. The predicted molar refractivity (Wildman–Crippen MR) is 87.5 cm³/mol. The molecule has 0 spiro atoms. The second kappa shape index (κ2) is 8.31. The summed E-state index contributed by atoms with van der Waals surface area (Å²) in [6.45, 7) is 0.581. The average Bonchev–Trinajstić information content (AvgIpc) is 2.56. The number of nitriles is 1. The zero-order chi connectivity index (χ0) is 15.8. The Bertz CT molecular complexity index is 617. The second-order valence-corrected chi connectivity index (χ2v) is 5.34. The maximum Gasteiger partial charge on any atom is 0.119 e. The summed E-state index contributed by atoms with van der Waals surface area (Å²) in [5.41, 5.74) is 0.997. The van der Waals surface area contributed by atoms with E-state index in [4.69, 9.17) is 21.1 Å². The number of rotatable bonds is 7. The number of hydrogen-bond donors (Lipinski definition) is 0. The minimum atomic E-state index is -0.128. The fourth-order valence-electron chi connectivity index (χ4n) is 2.15. The molecule has 1 unspecified atom stereocenters. The van der Waals surface area contributed by atoms with Crippen molar-refractivity contribution in [2.45, 2.75) is 18.8 Å². The van der Waals surface area contributed by atoms with E-state index in [-0.39, 0.29) is 5.92 Å². The zero-order valence-electron chi connectivity index (χ0n) is 12.5. The van der Waals surface area contributed by atoms with Crippen LogP contribution in [0.5, 0.6) is 11.5 Å². The highest BCUT2D eigenvalue weighted by Crippen LogP contribution is 2.23. The maximum absolute atomic E-state index is 9.29. The van der Waals surface area contributed by atoms with Gasteiger partial charge >= 0.3 is 0 Å². The molecule has 0 amide bonds. The minimum absolute atomic E-state index is 0.128. The Kier molecular flexibility index (Phi) is 6.12. The average molecular weight is 316 g/mol. The summed E-state index contributed by atoms with van der Waals surface area (Å²) >= 11 is 5.86. The van der Waals surface area contributed by atoms with Crippen LogP contribution in [0.2, 0.25) is 5.02 Å². The zero-order valence-corrected chi connectivity index (χ0v) is 13.2. The van der Waals surface area contributed by atoms with Gasteiger partial charge < -0.3 is 9.47 Å². The van der Waals surface area contributed by atoms with Crippen molar-refractivity contribution in [2.75, 3.05) is 13.7 Å². The quantitative estimate of drug-likeness (QED) is 0.688. The lowest BCUT2D eigenvalue weighted by molar-refractivity contribution is 0.304. The van der Waals surface area contributed by atoms with Gasteiger partial charge in [-0.05, 0) is 54.8 Å². The second-order valence-electron chi connectivity index (χ2n) is 4.90. The molecule has 2 rings (SSSR count). The van der Waals surface area contributed by atoms with Crippen molar-refractivity contribution in [3.05, 3.63) is 59.1 Å². The number of methoxy groups -OCH3 is 1. The Morgan fingerprint density at radius 3 is 2.27 bits per heavy atom. The molecule has 2 aromatic carbocycles. The molecule has 4 heteroatoms. The lowest BCUT2D eigenvalue weighted by atomic mass is 9.96. The molecule has 22 heavy (non-hydrogen) atoms. The molecular weight excluding hydrogens is 298 g/mol. The molecule has 3 nitrogen and oxygen atoms in total. The van der Waals surface area contributed by atoms with E-state index in [0.717, 1.165) is 29.9 Å². The van der Waals surface area contributed by atoms with E-state index in [1.165, 1.54) is 0 Å². The first-order valence-electron chi connectivity index (χ1n) is 7.15. The number of benzene rings is 2. The van der Waals surface area contributed by atoms with E-state index in [2.05, 4.69) is 6.07 Å². The topological polar surface area (TPSA) is 42.2 Å². The van der Waals surface area contributed by atoms with Crippen LogP contribution in [0.4, 0.5) is 0 Å². The standard InChI is InChI=1S/C18H18ClNO2/c1-21-17-8-10-18(11-9-17)22-12-2-3-15(13-20)14-4-6-16(19)7-5-14/h4-11,15H,2-3,12H2,1H3.